The Labute approximate surface area is 93.2 Å². The summed E-state index contributed by atoms with van der Waals surface area (Å²) in [5.74, 6) is 0.288. The molecule has 0 amide bonds. The predicted octanol–water partition coefficient (Wildman–Crippen LogP) is 2.46. The van der Waals surface area contributed by atoms with E-state index in [-0.39, 0.29) is 12.4 Å². The van der Waals surface area contributed by atoms with E-state index in [2.05, 4.69) is 19.1 Å². The number of hydrogen-bond acceptors (Lipinski definition) is 5. The van der Waals surface area contributed by atoms with Crippen LogP contribution in [0.3, 0.4) is 0 Å². The maximum atomic E-state index is 11.1. The van der Waals surface area contributed by atoms with Crippen LogP contribution in [0.15, 0.2) is 30.3 Å². The van der Waals surface area contributed by atoms with Crippen LogP contribution in [0.5, 0.6) is 5.75 Å². The molecule has 1 unspecified atom stereocenters. The Kier molecular flexibility index (Phi) is 5.45. The molecule has 90 valence electrons. The fourth-order valence-electron chi connectivity index (χ4n) is 0.766. The van der Waals surface area contributed by atoms with E-state index in [1.165, 1.54) is 0 Å². The lowest BCUT2D eigenvalue weighted by molar-refractivity contribution is -0.249. The Balaban J connectivity index is 2.33. The molecule has 0 aliphatic heterocycles. The van der Waals surface area contributed by atoms with Crippen LogP contribution in [0.4, 0.5) is 0 Å². The summed E-state index contributed by atoms with van der Waals surface area (Å²) in [6.07, 6.45) is 0.652. The van der Waals surface area contributed by atoms with Gasteiger partial charge in [0.15, 0.2) is 5.75 Å². The maximum absolute atomic E-state index is 11.1. The van der Waals surface area contributed by atoms with Gasteiger partial charge in [0.25, 0.3) is 0 Å². The first kappa shape index (κ1) is 13.2. The Hall–Kier alpha value is -0.910. The van der Waals surface area contributed by atoms with Gasteiger partial charge in [0.05, 0.1) is 6.61 Å². The summed E-state index contributed by atoms with van der Waals surface area (Å²) in [4.78, 5) is 18.1. The molecule has 6 nitrogen and oxygen atoms in total. The normalized spacial score (nSPS) is 14.4. The summed E-state index contributed by atoms with van der Waals surface area (Å²) >= 11 is 0. The van der Waals surface area contributed by atoms with Crippen molar-refractivity contribution in [2.24, 2.45) is 0 Å². The highest BCUT2D eigenvalue weighted by Gasteiger charge is 2.25. The lowest BCUT2D eigenvalue weighted by atomic mass is 10.3. The molecule has 1 N–H and O–H groups in total. The van der Waals surface area contributed by atoms with Crippen LogP contribution >= 0.6 is 7.82 Å². The van der Waals surface area contributed by atoms with Gasteiger partial charge in [0.2, 0.25) is 0 Å². The minimum atomic E-state index is -4.33. The standard InChI is InChI=1S/C9H13O6P/c1-2-8-12-14-16(10,11)15-13-9-6-4-3-5-7-9/h3-7H,2,8H2,1H3,(H,10,11). The zero-order chi connectivity index (χ0) is 11.9. The minimum absolute atomic E-state index is 0.194. The van der Waals surface area contributed by atoms with Crippen LogP contribution in [-0.4, -0.2) is 11.5 Å². The second-order valence-electron chi connectivity index (χ2n) is 2.84. The fourth-order valence-corrected chi connectivity index (χ4v) is 1.18. The van der Waals surface area contributed by atoms with Gasteiger partial charge in [-0.25, -0.2) is 9.45 Å². The summed E-state index contributed by atoms with van der Waals surface area (Å²) in [5, 5.41) is 0. The molecule has 0 aromatic heterocycles. The molecule has 0 bridgehead atoms. The van der Waals surface area contributed by atoms with Crippen LogP contribution in [0, 0.1) is 0 Å². The Bertz CT molecular complexity index is 341. The molecule has 0 fully saturated rings. The summed E-state index contributed by atoms with van der Waals surface area (Å²) in [6, 6.07) is 8.27. The van der Waals surface area contributed by atoms with Gasteiger partial charge in [-0.3, -0.25) is 4.89 Å². The first-order valence-electron chi connectivity index (χ1n) is 4.69. The van der Waals surface area contributed by atoms with E-state index in [0.29, 0.717) is 6.42 Å². The van der Waals surface area contributed by atoms with Crippen molar-refractivity contribution in [1.29, 1.82) is 0 Å². The van der Waals surface area contributed by atoms with Crippen LogP contribution in [0.1, 0.15) is 13.3 Å². The van der Waals surface area contributed by atoms with Crippen molar-refractivity contribution in [1.82, 2.24) is 0 Å². The monoisotopic (exact) mass is 248 g/mol. The molecule has 1 aromatic rings. The SMILES string of the molecule is CCCOOP(=O)(O)OOc1ccccc1. The van der Waals surface area contributed by atoms with Crippen molar-refractivity contribution in [2.45, 2.75) is 13.3 Å². The van der Waals surface area contributed by atoms with E-state index in [1.54, 1.807) is 30.3 Å². The van der Waals surface area contributed by atoms with Gasteiger partial charge in [-0.05, 0) is 18.6 Å². The van der Waals surface area contributed by atoms with Crippen molar-refractivity contribution in [3.63, 3.8) is 0 Å². The van der Waals surface area contributed by atoms with E-state index in [4.69, 9.17) is 4.89 Å². The van der Waals surface area contributed by atoms with Crippen molar-refractivity contribution in [3.8, 4) is 5.75 Å². The van der Waals surface area contributed by atoms with E-state index in [1.807, 2.05) is 6.92 Å². The number of hydrogen-bond donors (Lipinski definition) is 1. The third-order valence-electron chi connectivity index (χ3n) is 1.41. The van der Waals surface area contributed by atoms with Crippen LogP contribution in [0.25, 0.3) is 0 Å². The second kappa shape index (κ2) is 6.62. The molecule has 0 aliphatic rings. The smallest absolute Gasteiger partial charge is 0.327 e. The Morgan fingerprint density at radius 1 is 1.25 bits per heavy atom. The van der Waals surface area contributed by atoms with E-state index >= 15 is 0 Å². The first-order valence-corrected chi connectivity index (χ1v) is 6.19. The largest absolute Gasteiger partial charge is 0.535 e. The zero-order valence-corrected chi connectivity index (χ0v) is 9.63. The summed E-state index contributed by atoms with van der Waals surface area (Å²) in [5.41, 5.74) is 0. The highest BCUT2D eigenvalue weighted by Crippen LogP contribution is 2.43. The molecule has 1 atom stereocenters. The number of benzene rings is 1. The molecule has 0 aliphatic carbocycles. The lowest BCUT2D eigenvalue weighted by Gasteiger charge is -2.09. The van der Waals surface area contributed by atoms with Gasteiger partial charge >= 0.3 is 7.82 Å². The molecule has 0 saturated carbocycles. The number of phosphoric acid groups is 1. The number of para-hydroxylation sites is 1. The average molecular weight is 248 g/mol. The van der Waals surface area contributed by atoms with Crippen molar-refractivity contribution in [2.75, 3.05) is 6.61 Å². The minimum Gasteiger partial charge on any atom is -0.327 e. The molecule has 7 heteroatoms. The van der Waals surface area contributed by atoms with Crippen molar-refractivity contribution < 1.29 is 28.6 Å². The Morgan fingerprint density at radius 3 is 2.56 bits per heavy atom. The fraction of sp³-hybridized carbons (Fsp3) is 0.333. The zero-order valence-electron chi connectivity index (χ0n) is 8.74. The highest BCUT2D eigenvalue weighted by atomic mass is 31.2. The molecule has 0 saturated heterocycles. The van der Waals surface area contributed by atoms with E-state index in [0.717, 1.165) is 0 Å². The van der Waals surface area contributed by atoms with Crippen LogP contribution in [-0.2, 0) is 18.8 Å². The third kappa shape index (κ3) is 5.25. The lowest BCUT2D eigenvalue weighted by Crippen LogP contribution is -2.00. The van der Waals surface area contributed by atoms with Gasteiger partial charge in [0, 0.05) is 0 Å². The van der Waals surface area contributed by atoms with Gasteiger partial charge in [-0.2, -0.15) is 0 Å². The van der Waals surface area contributed by atoms with Gasteiger partial charge in [-0.15, -0.1) is 4.67 Å². The van der Waals surface area contributed by atoms with E-state index in [9.17, 15) is 4.57 Å². The molecular formula is C9H13O6P. The molecular weight excluding hydrogens is 235 g/mol. The summed E-state index contributed by atoms with van der Waals surface area (Å²) in [6.45, 7) is 2.02. The van der Waals surface area contributed by atoms with Gasteiger partial charge in [-0.1, -0.05) is 29.8 Å². The van der Waals surface area contributed by atoms with Gasteiger partial charge < -0.3 is 4.89 Å². The van der Waals surface area contributed by atoms with Crippen LogP contribution in [0.2, 0.25) is 0 Å². The van der Waals surface area contributed by atoms with Crippen LogP contribution < -0.4 is 4.89 Å². The molecule has 1 aromatic carbocycles. The highest BCUT2D eigenvalue weighted by molar-refractivity contribution is 7.47. The second-order valence-corrected chi connectivity index (χ2v) is 4.07. The molecule has 0 spiro atoms. The summed E-state index contributed by atoms with van der Waals surface area (Å²) in [7, 11) is -4.33. The number of rotatable bonds is 7. The maximum Gasteiger partial charge on any atom is 0.535 e. The molecule has 0 radical (unpaired) electrons. The predicted molar refractivity (Wildman–Crippen MR) is 55.3 cm³/mol. The topological polar surface area (TPSA) is 74.2 Å². The molecule has 16 heavy (non-hydrogen) atoms. The van der Waals surface area contributed by atoms with Crippen molar-refractivity contribution >= 4 is 7.82 Å². The quantitative estimate of drug-likeness (QED) is 0.346. The first-order chi connectivity index (χ1) is 7.64. The van der Waals surface area contributed by atoms with E-state index < -0.39 is 7.82 Å². The summed E-state index contributed by atoms with van der Waals surface area (Å²) < 4.78 is 19.5. The Morgan fingerprint density at radius 2 is 1.94 bits per heavy atom. The van der Waals surface area contributed by atoms with Gasteiger partial charge in [0.1, 0.15) is 0 Å². The molecule has 0 heterocycles. The average Bonchev–Trinajstić information content (AvgIpc) is 2.28. The third-order valence-corrected chi connectivity index (χ3v) is 1.96. The van der Waals surface area contributed by atoms with Crippen molar-refractivity contribution in [3.05, 3.63) is 30.3 Å². The molecule has 1 rings (SSSR count).